The Kier molecular flexibility index (Phi) is 4.21. The summed E-state index contributed by atoms with van der Waals surface area (Å²) in [6, 6.07) is 8.12. The van der Waals surface area contributed by atoms with Gasteiger partial charge in [0.2, 0.25) is 5.91 Å². The van der Waals surface area contributed by atoms with Crippen LogP contribution in [0.1, 0.15) is 49.6 Å². The van der Waals surface area contributed by atoms with Gasteiger partial charge in [0.25, 0.3) is 0 Å². The minimum absolute atomic E-state index is 0.0768. The topological polar surface area (TPSA) is 60.1 Å². The standard InChI is InChI=1S/C20H26N4O2/c1-15-7-9-16(10-8-15)14-23-19(26)24-17(21-23)6-5-11-20(24,2)18(25)22-12-3-4-13-22/h7-10H,3-6,11-14H2,1-2H3. The zero-order valence-electron chi connectivity index (χ0n) is 15.6. The van der Waals surface area contributed by atoms with Crippen molar-refractivity contribution in [1.29, 1.82) is 0 Å². The highest BCUT2D eigenvalue weighted by Gasteiger charge is 2.44. The highest BCUT2D eigenvalue weighted by atomic mass is 16.2. The summed E-state index contributed by atoms with van der Waals surface area (Å²) in [4.78, 5) is 28.2. The average molecular weight is 354 g/mol. The number of carbonyl (C=O) groups is 1. The Hall–Kier alpha value is -2.37. The van der Waals surface area contributed by atoms with Crippen LogP contribution in [-0.4, -0.2) is 38.2 Å². The van der Waals surface area contributed by atoms with Gasteiger partial charge < -0.3 is 4.90 Å². The van der Waals surface area contributed by atoms with Crippen LogP contribution in [-0.2, 0) is 23.3 Å². The third kappa shape index (κ3) is 2.77. The van der Waals surface area contributed by atoms with Crippen molar-refractivity contribution in [2.24, 2.45) is 0 Å². The molecule has 3 heterocycles. The van der Waals surface area contributed by atoms with Crippen LogP contribution in [0.5, 0.6) is 0 Å². The van der Waals surface area contributed by atoms with Crippen LogP contribution in [0.15, 0.2) is 29.1 Å². The number of carbonyl (C=O) groups excluding carboxylic acids is 1. The van der Waals surface area contributed by atoms with Gasteiger partial charge in [0.1, 0.15) is 11.4 Å². The predicted molar refractivity (Wildman–Crippen MR) is 99.2 cm³/mol. The molecular formula is C20H26N4O2. The molecule has 0 saturated carbocycles. The van der Waals surface area contributed by atoms with E-state index in [4.69, 9.17) is 0 Å². The Morgan fingerprint density at radius 3 is 2.54 bits per heavy atom. The van der Waals surface area contributed by atoms with Gasteiger partial charge in [-0.1, -0.05) is 29.8 Å². The van der Waals surface area contributed by atoms with Crippen LogP contribution in [0.25, 0.3) is 0 Å². The molecule has 1 aromatic heterocycles. The Balaban J connectivity index is 1.69. The highest BCUT2D eigenvalue weighted by molar-refractivity contribution is 5.84. The number of hydrogen-bond acceptors (Lipinski definition) is 3. The second-order valence-electron chi connectivity index (χ2n) is 7.80. The number of aromatic nitrogens is 3. The molecule has 1 aromatic carbocycles. The number of nitrogens with zero attached hydrogens (tertiary/aromatic N) is 4. The molecule has 26 heavy (non-hydrogen) atoms. The fraction of sp³-hybridized carbons (Fsp3) is 0.550. The van der Waals surface area contributed by atoms with Gasteiger partial charge in [0.15, 0.2) is 0 Å². The van der Waals surface area contributed by atoms with Gasteiger partial charge in [-0.05, 0) is 45.1 Å². The van der Waals surface area contributed by atoms with Gasteiger partial charge in [-0.3, -0.25) is 9.36 Å². The fourth-order valence-electron chi connectivity index (χ4n) is 4.25. The van der Waals surface area contributed by atoms with Gasteiger partial charge in [0, 0.05) is 19.5 Å². The second kappa shape index (κ2) is 6.41. The smallest absolute Gasteiger partial charge is 0.341 e. The molecular weight excluding hydrogens is 328 g/mol. The van der Waals surface area contributed by atoms with E-state index in [0.29, 0.717) is 13.0 Å². The lowest BCUT2D eigenvalue weighted by molar-refractivity contribution is -0.140. The first-order valence-electron chi connectivity index (χ1n) is 9.53. The molecule has 0 bridgehead atoms. The van der Waals surface area contributed by atoms with Crippen LogP contribution >= 0.6 is 0 Å². The lowest BCUT2D eigenvalue weighted by Gasteiger charge is -2.36. The number of amides is 1. The summed E-state index contributed by atoms with van der Waals surface area (Å²) < 4.78 is 3.19. The summed E-state index contributed by atoms with van der Waals surface area (Å²) in [5.41, 5.74) is 1.26. The Bertz CT molecular complexity index is 874. The molecule has 6 nitrogen and oxygen atoms in total. The minimum Gasteiger partial charge on any atom is -0.341 e. The summed E-state index contributed by atoms with van der Waals surface area (Å²) in [5, 5.41) is 4.57. The van der Waals surface area contributed by atoms with E-state index in [9.17, 15) is 9.59 Å². The first kappa shape index (κ1) is 17.1. The molecule has 0 N–H and O–H groups in total. The molecule has 2 aliphatic rings. The Labute approximate surface area is 153 Å². The fourth-order valence-corrected chi connectivity index (χ4v) is 4.25. The van der Waals surface area contributed by atoms with E-state index in [1.54, 1.807) is 4.57 Å². The van der Waals surface area contributed by atoms with Crippen molar-refractivity contribution >= 4 is 5.91 Å². The SMILES string of the molecule is Cc1ccc(Cn2nc3n(c2=O)C(C)(C(=O)N2CCCC2)CCC3)cc1. The summed E-state index contributed by atoms with van der Waals surface area (Å²) in [7, 11) is 0. The number of hydrogen-bond donors (Lipinski definition) is 0. The van der Waals surface area contributed by atoms with Crippen molar-refractivity contribution in [3.05, 3.63) is 51.7 Å². The minimum atomic E-state index is -0.805. The number of fused-ring (bicyclic) bond motifs is 1. The first-order chi connectivity index (χ1) is 12.5. The summed E-state index contributed by atoms with van der Waals surface area (Å²) in [6.45, 7) is 6.00. The number of aryl methyl sites for hydroxylation is 2. The monoisotopic (exact) mass is 354 g/mol. The number of benzene rings is 1. The van der Waals surface area contributed by atoms with Crippen LogP contribution < -0.4 is 5.69 Å². The summed E-state index contributed by atoms with van der Waals surface area (Å²) in [5.74, 6) is 0.816. The molecule has 1 fully saturated rings. The molecule has 2 aromatic rings. The number of likely N-dealkylation sites (tertiary alicyclic amines) is 1. The molecule has 0 aliphatic carbocycles. The van der Waals surface area contributed by atoms with Crippen molar-refractivity contribution in [2.45, 2.75) is 58.0 Å². The zero-order valence-corrected chi connectivity index (χ0v) is 15.6. The van der Waals surface area contributed by atoms with E-state index < -0.39 is 5.54 Å². The Morgan fingerprint density at radius 1 is 1.15 bits per heavy atom. The average Bonchev–Trinajstić information content (AvgIpc) is 3.26. The molecule has 6 heteroatoms. The van der Waals surface area contributed by atoms with Crippen molar-refractivity contribution in [2.75, 3.05) is 13.1 Å². The maximum Gasteiger partial charge on any atom is 0.347 e. The van der Waals surface area contributed by atoms with Crippen LogP contribution in [0.2, 0.25) is 0 Å². The molecule has 0 spiro atoms. The molecule has 1 saturated heterocycles. The zero-order chi connectivity index (χ0) is 18.3. The lowest BCUT2D eigenvalue weighted by Crippen LogP contribution is -2.53. The predicted octanol–water partition coefficient (Wildman–Crippen LogP) is 2.08. The molecule has 0 radical (unpaired) electrons. The van der Waals surface area contributed by atoms with Crippen molar-refractivity contribution < 1.29 is 4.79 Å². The van der Waals surface area contributed by atoms with Gasteiger partial charge in [0.05, 0.1) is 6.54 Å². The maximum absolute atomic E-state index is 13.2. The van der Waals surface area contributed by atoms with E-state index in [0.717, 1.165) is 50.2 Å². The van der Waals surface area contributed by atoms with Crippen LogP contribution in [0, 0.1) is 6.92 Å². The lowest BCUT2D eigenvalue weighted by atomic mass is 9.89. The largest absolute Gasteiger partial charge is 0.347 e. The quantitative estimate of drug-likeness (QED) is 0.848. The first-order valence-corrected chi connectivity index (χ1v) is 9.53. The van der Waals surface area contributed by atoms with Gasteiger partial charge >= 0.3 is 5.69 Å². The summed E-state index contributed by atoms with van der Waals surface area (Å²) >= 11 is 0. The van der Waals surface area contributed by atoms with Gasteiger partial charge in [-0.25, -0.2) is 9.48 Å². The van der Waals surface area contributed by atoms with E-state index in [1.807, 2.05) is 43.0 Å². The third-order valence-electron chi connectivity index (χ3n) is 5.77. The molecule has 138 valence electrons. The van der Waals surface area contributed by atoms with Gasteiger partial charge in [-0.2, -0.15) is 5.10 Å². The van der Waals surface area contributed by atoms with E-state index in [2.05, 4.69) is 5.10 Å². The van der Waals surface area contributed by atoms with Gasteiger partial charge in [-0.15, -0.1) is 0 Å². The van der Waals surface area contributed by atoms with E-state index in [-0.39, 0.29) is 11.6 Å². The third-order valence-corrected chi connectivity index (χ3v) is 5.77. The molecule has 2 aliphatic heterocycles. The van der Waals surface area contributed by atoms with Crippen LogP contribution in [0.3, 0.4) is 0 Å². The van der Waals surface area contributed by atoms with Crippen LogP contribution in [0.4, 0.5) is 0 Å². The highest BCUT2D eigenvalue weighted by Crippen LogP contribution is 2.31. The van der Waals surface area contributed by atoms with E-state index >= 15 is 0 Å². The maximum atomic E-state index is 13.2. The van der Waals surface area contributed by atoms with Crippen molar-refractivity contribution in [3.63, 3.8) is 0 Å². The normalized spacial score (nSPS) is 22.5. The van der Waals surface area contributed by atoms with Crippen molar-refractivity contribution in [3.8, 4) is 0 Å². The molecule has 1 atom stereocenters. The Morgan fingerprint density at radius 2 is 1.85 bits per heavy atom. The number of rotatable bonds is 3. The molecule has 1 amide bonds. The second-order valence-corrected chi connectivity index (χ2v) is 7.80. The summed E-state index contributed by atoms with van der Waals surface area (Å²) in [6.07, 6.45) is 4.44. The van der Waals surface area contributed by atoms with E-state index in [1.165, 1.54) is 10.2 Å². The molecule has 4 rings (SSSR count). The molecule has 1 unspecified atom stereocenters. The van der Waals surface area contributed by atoms with Crippen molar-refractivity contribution in [1.82, 2.24) is 19.2 Å².